The second-order valence-corrected chi connectivity index (χ2v) is 24.8. The third-order valence-corrected chi connectivity index (χ3v) is 19.1. The molecule has 3 fully saturated rings. The molecule has 10 heteroatoms. The first-order valence-electron chi connectivity index (χ1n) is 30.5. The molecule has 83 heavy (non-hydrogen) atoms. The number of alkyl halides is 3. The summed E-state index contributed by atoms with van der Waals surface area (Å²) in [5.74, 6) is 1.20. The van der Waals surface area contributed by atoms with E-state index in [1.54, 1.807) is 19.1 Å². The molecule has 7 nitrogen and oxygen atoms in total. The fourth-order valence-corrected chi connectivity index (χ4v) is 14.6. The number of methoxy groups -OCH3 is 1. The number of carbonyl (C=O) groups is 2. The second-order valence-electron chi connectivity index (χ2n) is 24.8. The fraction of sp³-hybridized carbons (Fsp3) is 0.397. The number of fused-ring (bicyclic) bond motifs is 8. The number of anilines is 1. The number of nitrogens with zero attached hydrogens (tertiary/aromatic N) is 1. The first-order chi connectivity index (χ1) is 40.1. The Labute approximate surface area is 487 Å². The van der Waals surface area contributed by atoms with Crippen molar-refractivity contribution < 1.29 is 41.7 Å². The molecule has 2 saturated carbocycles. The Morgan fingerprint density at radius 3 is 1.94 bits per heavy atom. The lowest BCUT2D eigenvalue weighted by molar-refractivity contribution is -0.145. The van der Waals surface area contributed by atoms with Crippen molar-refractivity contribution in [3.63, 3.8) is 0 Å². The van der Waals surface area contributed by atoms with Gasteiger partial charge in [0.05, 0.1) is 24.5 Å². The zero-order chi connectivity index (χ0) is 57.6. The zero-order valence-corrected chi connectivity index (χ0v) is 48.6. The molecule has 12 rings (SSSR count). The molecule has 0 bridgehead atoms. The van der Waals surface area contributed by atoms with Gasteiger partial charge in [0, 0.05) is 46.3 Å². The van der Waals surface area contributed by atoms with Crippen LogP contribution < -0.4 is 23.8 Å². The van der Waals surface area contributed by atoms with Crippen molar-refractivity contribution in [3.8, 4) is 45.3 Å². The molecule has 5 aliphatic rings. The quantitative estimate of drug-likeness (QED) is 0.0610. The van der Waals surface area contributed by atoms with Gasteiger partial charge in [0.15, 0.2) is 17.1 Å². The fourth-order valence-electron chi connectivity index (χ4n) is 14.6. The smallest absolute Gasteiger partial charge is 0.416 e. The van der Waals surface area contributed by atoms with Crippen molar-refractivity contribution in [1.82, 2.24) is 0 Å². The molecule has 2 aliphatic heterocycles. The normalized spacial score (nSPS) is 21.8. The lowest BCUT2D eigenvalue weighted by Crippen LogP contribution is -2.35. The summed E-state index contributed by atoms with van der Waals surface area (Å²) in [6.07, 6.45) is 15.2. The van der Waals surface area contributed by atoms with Crippen LogP contribution in [0.4, 0.5) is 18.9 Å². The summed E-state index contributed by atoms with van der Waals surface area (Å²) < 4.78 is 71.9. The number of benzene rings is 7. The molecule has 430 valence electrons. The van der Waals surface area contributed by atoms with Crippen LogP contribution in [0.2, 0.25) is 0 Å². The Kier molecular flexibility index (Phi) is 15.6. The van der Waals surface area contributed by atoms with E-state index in [2.05, 4.69) is 60.4 Å². The number of hydrogen-bond donors (Lipinski definition) is 0. The lowest BCUT2D eigenvalue weighted by atomic mass is 9.75. The second kappa shape index (κ2) is 23.0. The molecule has 2 heterocycles. The Morgan fingerprint density at radius 2 is 1.30 bits per heavy atom. The van der Waals surface area contributed by atoms with Crippen LogP contribution in [0.5, 0.6) is 23.0 Å². The van der Waals surface area contributed by atoms with Gasteiger partial charge in [-0.25, -0.2) is 0 Å². The third-order valence-electron chi connectivity index (χ3n) is 19.1. The van der Waals surface area contributed by atoms with Gasteiger partial charge in [0.2, 0.25) is 0 Å². The van der Waals surface area contributed by atoms with E-state index >= 15 is 13.2 Å². The monoisotopic (exact) mass is 1120 g/mol. The maximum atomic E-state index is 15.3. The molecule has 3 aliphatic carbocycles. The highest BCUT2D eigenvalue weighted by molar-refractivity contribution is 6.10. The minimum atomic E-state index is -4.63. The third kappa shape index (κ3) is 10.8. The van der Waals surface area contributed by atoms with Gasteiger partial charge in [-0.1, -0.05) is 137 Å². The summed E-state index contributed by atoms with van der Waals surface area (Å²) in [5, 5.41) is 1.18. The van der Waals surface area contributed by atoms with E-state index in [0.717, 1.165) is 59.8 Å². The van der Waals surface area contributed by atoms with Crippen molar-refractivity contribution in [1.29, 1.82) is 0 Å². The van der Waals surface area contributed by atoms with Gasteiger partial charge >= 0.3 is 18.1 Å². The number of aryl methyl sites for hydroxylation is 1. The number of esters is 2. The first kappa shape index (κ1) is 56.2. The number of halogens is 3. The van der Waals surface area contributed by atoms with E-state index < -0.39 is 34.6 Å². The zero-order valence-electron chi connectivity index (χ0n) is 48.6. The highest BCUT2D eigenvalue weighted by atomic mass is 19.4. The molecule has 0 amide bonds. The van der Waals surface area contributed by atoms with Crippen LogP contribution in [-0.4, -0.2) is 32.1 Å². The Hall–Kier alpha value is -7.33. The predicted octanol–water partition coefficient (Wildman–Crippen LogP) is 18.7. The predicted molar refractivity (Wildman–Crippen MR) is 325 cm³/mol. The highest BCUT2D eigenvalue weighted by Crippen LogP contribution is 2.61. The van der Waals surface area contributed by atoms with Gasteiger partial charge in [0.1, 0.15) is 11.5 Å². The van der Waals surface area contributed by atoms with Gasteiger partial charge < -0.3 is 23.8 Å². The average Bonchev–Trinajstić information content (AvgIpc) is 3.68. The molecule has 7 aromatic carbocycles. The Bertz CT molecular complexity index is 3550. The molecule has 0 spiro atoms. The standard InChI is InChI=1S/C73H76F3NO6/c1-6-7-10-15-47-18-20-48(21-19-47)49-22-24-50(25-23-49)51-30-36-57(37-31-51)81-69(78)52-26-28-53(29-27-52)70(79)82-64-44-59-60(45-63(64)80-5)68-58(67-65(59)61-42-46(2)43-62(73(74,75)76)66(61)71(67,3)4)38-39-72(83-68,54-16-11-8-12-17-54)55-32-34-56(35-33-55)77-40-13-9-14-41-77/h8,11-12,16-17,22-25,30-39,42-45,47-48,52-53H,6-7,9-10,13-15,18-21,26-29,40-41H2,1-5H3. The highest BCUT2D eigenvalue weighted by Gasteiger charge is 2.49. The van der Waals surface area contributed by atoms with Crippen LogP contribution in [0.3, 0.4) is 0 Å². The summed E-state index contributed by atoms with van der Waals surface area (Å²) in [5.41, 5.74) is 6.69. The molecule has 0 radical (unpaired) electrons. The van der Waals surface area contributed by atoms with Crippen molar-refractivity contribution in [2.45, 2.75) is 147 Å². The van der Waals surface area contributed by atoms with E-state index in [1.807, 2.05) is 86.7 Å². The minimum Gasteiger partial charge on any atom is -0.493 e. The average molecular weight is 1120 g/mol. The summed E-state index contributed by atoms with van der Waals surface area (Å²) in [6, 6.07) is 41.8. The lowest BCUT2D eigenvalue weighted by Gasteiger charge is -2.39. The van der Waals surface area contributed by atoms with E-state index in [4.69, 9.17) is 18.9 Å². The van der Waals surface area contributed by atoms with E-state index in [9.17, 15) is 9.59 Å². The SMILES string of the molecule is CCCCCC1CCC(c2ccc(-c3ccc(OC(=O)C4CCC(C(=O)Oc5cc6c7c(c8c(c6cc5OC)OC(c5ccccc5)(c5ccc(N6CCCCC6)cc5)C=C8)C(C)(C)c5c-7cc(C)cc5C(F)(F)F)CC4)cc3)cc2)CC1. The molecular weight excluding hydrogens is 1040 g/mol. The maximum absolute atomic E-state index is 15.3. The molecule has 0 aromatic heterocycles. The van der Waals surface area contributed by atoms with E-state index in [-0.39, 0.29) is 28.9 Å². The van der Waals surface area contributed by atoms with Crippen molar-refractivity contribution in [2.75, 3.05) is 25.1 Å². The summed E-state index contributed by atoms with van der Waals surface area (Å²) in [6.45, 7) is 9.68. The number of carbonyl (C=O) groups excluding carboxylic acids is 2. The minimum absolute atomic E-state index is 0.146. The topological polar surface area (TPSA) is 74.3 Å². The summed E-state index contributed by atoms with van der Waals surface area (Å²) >= 11 is 0. The van der Waals surface area contributed by atoms with Gasteiger partial charge in [-0.3, -0.25) is 9.59 Å². The number of ether oxygens (including phenoxy) is 4. The van der Waals surface area contributed by atoms with Crippen molar-refractivity contribution >= 4 is 34.5 Å². The number of rotatable bonds is 14. The van der Waals surface area contributed by atoms with Crippen LogP contribution in [-0.2, 0) is 26.8 Å². The van der Waals surface area contributed by atoms with Crippen molar-refractivity contribution in [2.24, 2.45) is 17.8 Å². The summed E-state index contributed by atoms with van der Waals surface area (Å²) in [7, 11) is 1.51. The molecule has 7 aromatic rings. The van der Waals surface area contributed by atoms with Crippen LogP contribution in [0.15, 0.2) is 133 Å². The largest absolute Gasteiger partial charge is 0.493 e. The molecule has 0 N–H and O–H groups in total. The number of piperidine rings is 1. The maximum Gasteiger partial charge on any atom is 0.416 e. The van der Waals surface area contributed by atoms with Gasteiger partial charge in [-0.2, -0.15) is 13.2 Å². The molecular formula is C73H76F3NO6. The van der Waals surface area contributed by atoms with Crippen LogP contribution >= 0.6 is 0 Å². The molecule has 1 unspecified atom stereocenters. The number of unbranched alkanes of at least 4 members (excludes halogenated alkanes) is 2. The Balaban J connectivity index is 0.795. The van der Waals surface area contributed by atoms with Gasteiger partial charge in [-0.15, -0.1) is 0 Å². The Morgan fingerprint density at radius 1 is 0.675 bits per heavy atom. The molecule has 1 atom stereocenters. The van der Waals surface area contributed by atoms with E-state index in [0.29, 0.717) is 81.7 Å². The van der Waals surface area contributed by atoms with Gasteiger partial charge in [-0.05, 0) is 188 Å². The van der Waals surface area contributed by atoms with Crippen LogP contribution in [0.25, 0.3) is 39.1 Å². The summed E-state index contributed by atoms with van der Waals surface area (Å²) in [4.78, 5) is 30.4. The van der Waals surface area contributed by atoms with Crippen LogP contribution in [0.1, 0.15) is 168 Å². The number of hydrogen-bond acceptors (Lipinski definition) is 7. The first-order valence-corrected chi connectivity index (χ1v) is 30.5. The van der Waals surface area contributed by atoms with Crippen molar-refractivity contribution in [3.05, 3.63) is 178 Å². The van der Waals surface area contributed by atoms with E-state index in [1.165, 1.54) is 76.5 Å². The molecule has 1 saturated heterocycles. The van der Waals surface area contributed by atoms with Gasteiger partial charge in [0.25, 0.3) is 0 Å². The van der Waals surface area contributed by atoms with Crippen LogP contribution in [0, 0.1) is 24.7 Å².